The first-order chi connectivity index (χ1) is 12.3. The van der Waals surface area contributed by atoms with Gasteiger partial charge in [-0.05, 0) is 78.9 Å². The van der Waals surface area contributed by atoms with Crippen molar-refractivity contribution in [3.63, 3.8) is 0 Å². The second kappa shape index (κ2) is 8.03. The van der Waals surface area contributed by atoms with E-state index < -0.39 is 0 Å². The van der Waals surface area contributed by atoms with Crippen molar-refractivity contribution >= 4 is 53.8 Å². The molecule has 3 nitrogen and oxygen atoms in total. The van der Waals surface area contributed by atoms with E-state index in [2.05, 4.69) is 79.8 Å². The van der Waals surface area contributed by atoms with Crippen LogP contribution in [0.1, 0.15) is 25.0 Å². The largest absolute Gasteiger partial charge is 0.444 e. The molecule has 0 bridgehead atoms. The average molecular weight is 546 g/mol. The van der Waals surface area contributed by atoms with Crippen LogP contribution in [0.25, 0.3) is 0 Å². The molecule has 6 heteroatoms. The van der Waals surface area contributed by atoms with Gasteiger partial charge in [0, 0.05) is 16.9 Å². The highest BCUT2D eigenvalue weighted by Crippen LogP contribution is 2.60. The molecule has 1 fully saturated rings. The van der Waals surface area contributed by atoms with Gasteiger partial charge in [-0.25, -0.2) is 0 Å². The average Bonchev–Trinajstić information content (AvgIpc) is 2.90. The van der Waals surface area contributed by atoms with Crippen molar-refractivity contribution in [1.29, 1.82) is 0 Å². The first kappa shape index (κ1) is 19.9. The minimum atomic E-state index is -0.139. The number of nitrogens with zero attached hydrogens (tertiary/aromatic N) is 1. The second-order valence-electron chi connectivity index (χ2n) is 7.21. The van der Waals surface area contributed by atoms with E-state index in [-0.39, 0.29) is 30.0 Å². The minimum absolute atomic E-state index is 0.0631. The number of allylic oxidation sites excluding steroid dienone is 1. The van der Waals surface area contributed by atoms with Crippen LogP contribution in [-0.2, 0) is 22.7 Å². The number of benzene rings is 1. The van der Waals surface area contributed by atoms with Gasteiger partial charge < -0.3 is 9.30 Å². The normalized spacial score (nSPS) is 20.5. The summed E-state index contributed by atoms with van der Waals surface area (Å²) in [5.74, 6) is -0.0375. The van der Waals surface area contributed by atoms with Crippen LogP contribution in [0.4, 0.5) is 0 Å². The third-order valence-corrected chi connectivity index (χ3v) is 5.96. The molecular weight excluding hydrogens is 526 g/mol. The Bertz CT molecular complexity index is 837. The van der Waals surface area contributed by atoms with Crippen molar-refractivity contribution in [2.24, 2.45) is 17.3 Å². The topological polar surface area (TPSA) is 31.2 Å². The summed E-state index contributed by atoms with van der Waals surface area (Å²) in [6.45, 7) is 4.43. The van der Waals surface area contributed by atoms with Crippen LogP contribution < -0.4 is 0 Å². The van der Waals surface area contributed by atoms with E-state index in [9.17, 15) is 4.79 Å². The molecule has 1 aromatic heterocycles. The highest BCUT2D eigenvalue weighted by Gasteiger charge is 2.61. The second-order valence-corrected chi connectivity index (χ2v) is 10.9. The zero-order valence-corrected chi connectivity index (χ0v) is 19.3. The van der Waals surface area contributed by atoms with Gasteiger partial charge in [0.25, 0.3) is 0 Å². The number of halogens is 3. The van der Waals surface area contributed by atoms with E-state index in [0.29, 0.717) is 0 Å². The number of aromatic nitrogens is 1. The molecule has 1 saturated carbocycles. The Morgan fingerprint density at radius 3 is 2.73 bits per heavy atom. The summed E-state index contributed by atoms with van der Waals surface area (Å²) in [7, 11) is 0. The number of hydrogen-bond acceptors (Lipinski definition) is 2. The summed E-state index contributed by atoms with van der Waals surface area (Å²) >= 11 is 10.2. The van der Waals surface area contributed by atoms with E-state index >= 15 is 0 Å². The van der Waals surface area contributed by atoms with Gasteiger partial charge in [0.1, 0.15) is 0 Å². The molecule has 1 aliphatic carbocycles. The molecule has 2 aromatic rings. The minimum Gasteiger partial charge on any atom is -0.444 e. The Hall–Kier alpha value is -0.850. The van der Waals surface area contributed by atoms with Gasteiger partial charge in [-0.15, -0.1) is 0 Å². The molecule has 0 spiro atoms. The standard InChI is InChI=1S/C20H20Br3NO2/c1-20(2)16(10-17(22)23)18(20)19(25)26-12-24-7-6-14(11-24)8-13-4-3-5-15(21)9-13/h3-7,9-11,16,18H,8,12H2,1-2H3. The van der Waals surface area contributed by atoms with Crippen molar-refractivity contribution < 1.29 is 9.53 Å². The highest BCUT2D eigenvalue weighted by atomic mass is 79.9. The number of ether oxygens (including phenoxy) is 1. The smallest absolute Gasteiger partial charge is 0.311 e. The first-order valence-corrected chi connectivity index (χ1v) is 10.7. The van der Waals surface area contributed by atoms with Crippen LogP contribution in [0.15, 0.2) is 56.7 Å². The first-order valence-electron chi connectivity index (χ1n) is 8.36. The Morgan fingerprint density at radius 1 is 1.27 bits per heavy atom. The maximum absolute atomic E-state index is 12.4. The van der Waals surface area contributed by atoms with Crippen LogP contribution >= 0.6 is 47.8 Å². The molecule has 0 aliphatic heterocycles. The van der Waals surface area contributed by atoms with Gasteiger partial charge in [-0.1, -0.05) is 48.0 Å². The van der Waals surface area contributed by atoms with Crippen LogP contribution in [-0.4, -0.2) is 10.5 Å². The SMILES string of the molecule is CC1(C)C(C=C(Br)Br)C1C(=O)OCn1ccc(Cc2cccc(Br)c2)c1. The maximum Gasteiger partial charge on any atom is 0.311 e. The molecule has 0 N–H and O–H groups in total. The lowest BCUT2D eigenvalue weighted by Crippen LogP contribution is -2.13. The molecule has 2 atom stereocenters. The zero-order chi connectivity index (χ0) is 18.9. The van der Waals surface area contributed by atoms with Crippen LogP contribution in [0.3, 0.4) is 0 Å². The van der Waals surface area contributed by atoms with Crippen molar-refractivity contribution in [3.05, 3.63) is 67.8 Å². The van der Waals surface area contributed by atoms with E-state index in [1.54, 1.807) is 0 Å². The van der Waals surface area contributed by atoms with Gasteiger partial charge in [-0.2, -0.15) is 0 Å². The van der Waals surface area contributed by atoms with E-state index in [4.69, 9.17) is 4.74 Å². The summed E-state index contributed by atoms with van der Waals surface area (Å²) in [4.78, 5) is 12.4. The van der Waals surface area contributed by atoms with Gasteiger partial charge in [0.2, 0.25) is 0 Å². The molecule has 1 heterocycles. The van der Waals surface area contributed by atoms with E-state index in [1.807, 2.05) is 35.2 Å². The fraction of sp³-hybridized carbons (Fsp3) is 0.350. The lowest BCUT2D eigenvalue weighted by Gasteiger charge is -2.06. The third-order valence-electron chi connectivity index (χ3n) is 4.94. The number of carbonyl (C=O) groups is 1. The Labute approximate surface area is 179 Å². The van der Waals surface area contributed by atoms with E-state index in [0.717, 1.165) is 14.3 Å². The quantitative estimate of drug-likeness (QED) is 0.402. The lowest BCUT2D eigenvalue weighted by molar-refractivity contribution is -0.150. The fourth-order valence-corrected chi connectivity index (χ4v) is 4.38. The number of rotatable bonds is 6. The van der Waals surface area contributed by atoms with Crippen molar-refractivity contribution in [3.8, 4) is 0 Å². The Balaban J connectivity index is 1.55. The third kappa shape index (κ3) is 4.70. The zero-order valence-electron chi connectivity index (χ0n) is 14.6. The summed E-state index contributed by atoms with van der Waals surface area (Å²) in [5, 5.41) is 0. The number of hydrogen-bond donors (Lipinski definition) is 0. The van der Waals surface area contributed by atoms with Crippen LogP contribution in [0.5, 0.6) is 0 Å². The monoisotopic (exact) mass is 543 g/mol. The fourth-order valence-electron chi connectivity index (χ4n) is 3.36. The number of carbonyl (C=O) groups excluding carboxylic acids is 1. The molecule has 1 aliphatic rings. The molecule has 138 valence electrons. The summed E-state index contributed by atoms with van der Waals surface area (Å²) in [6.07, 6.45) is 6.85. The molecule has 0 radical (unpaired) electrons. The van der Waals surface area contributed by atoms with Gasteiger partial charge in [0.15, 0.2) is 6.73 Å². The Morgan fingerprint density at radius 2 is 2.04 bits per heavy atom. The molecule has 2 unspecified atom stereocenters. The molecule has 0 saturated heterocycles. The molecule has 26 heavy (non-hydrogen) atoms. The van der Waals surface area contributed by atoms with Crippen molar-refractivity contribution in [2.75, 3.05) is 0 Å². The summed E-state index contributed by atoms with van der Waals surface area (Å²) < 4.78 is 9.40. The van der Waals surface area contributed by atoms with Gasteiger partial charge in [-0.3, -0.25) is 4.79 Å². The van der Waals surface area contributed by atoms with Crippen LogP contribution in [0, 0.1) is 17.3 Å². The van der Waals surface area contributed by atoms with Crippen molar-refractivity contribution in [1.82, 2.24) is 4.57 Å². The lowest BCUT2D eigenvalue weighted by atomic mass is 10.1. The Kier molecular flexibility index (Phi) is 6.14. The van der Waals surface area contributed by atoms with Crippen LogP contribution in [0.2, 0.25) is 0 Å². The summed E-state index contributed by atoms with van der Waals surface area (Å²) in [6, 6.07) is 10.3. The molecule has 0 amide bonds. The molecule has 1 aromatic carbocycles. The highest BCUT2D eigenvalue weighted by molar-refractivity contribution is 9.28. The van der Waals surface area contributed by atoms with Gasteiger partial charge >= 0.3 is 5.97 Å². The van der Waals surface area contributed by atoms with E-state index in [1.165, 1.54) is 11.1 Å². The molecule has 3 rings (SSSR count). The summed E-state index contributed by atoms with van der Waals surface area (Å²) in [5.41, 5.74) is 2.37. The van der Waals surface area contributed by atoms with Gasteiger partial charge in [0.05, 0.1) is 9.31 Å². The predicted octanol–water partition coefficient (Wildman–Crippen LogP) is 6.25. The maximum atomic E-state index is 12.4. The number of esters is 1. The predicted molar refractivity (Wildman–Crippen MR) is 114 cm³/mol. The molecular formula is C20H20Br3NO2. The van der Waals surface area contributed by atoms with Crippen molar-refractivity contribution in [2.45, 2.75) is 27.0 Å².